The normalized spacial score (nSPS) is 13.5. The zero-order valence-electron chi connectivity index (χ0n) is 19.2. The molecule has 3 rings (SSSR count). The van der Waals surface area contributed by atoms with Crippen LogP contribution in [0, 0.1) is 26.1 Å². The molecule has 0 bridgehead atoms. The van der Waals surface area contributed by atoms with Crippen LogP contribution >= 0.6 is 0 Å². The van der Waals surface area contributed by atoms with Crippen LogP contribution in [0.2, 0.25) is 0 Å². The number of alkyl carbamates (subject to hydrolysis) is 1. The third kappa shape index (κ3) is 7.74. The molecule has 2 aromatic carbocycles. The fourth-order valence-electron chi connectivity index (χ4n) is 3.61. The van der Waals surface area contributed by atoms with Crippen LogP contribution in [-0.4, -0.2) is 39.8 Å². The van der Waals surface area contributed by atoms with E-state index in [1.165, 1.54) is 0 Å². The second kappa shape index (κ2) is 12.1. The zero-order valence-corrected chi connectivity index (χ0v) is 19.2. The number of esters is 2. The molecule has 37 heavy (non-hydrogen) atoms. The van der Waals surface area contributed by atoms with Crippen molar-refractivity contribution in [2.75, 3.05) is 0 Å². The summed E-state index contributed by atoms with van der Waals surface area (Å²) < 4.78 is 9.33. The van der Waals surface area contributed by atoms with E-state index in [1.807, 2.05) is 0 Å². The number of nitro benzene ring substituents is 2. The van der Waals surface area contributed by atoms with Gasteiger partial charge in [0.2, 0.25) is 0 Å². The van der Waals surface area contributed by atoms with Crippen LogP contribution in [0.1, 0.15) is 52.8 Å². The lowest BCUT2D eigenvalue weighted by molar-refractivity contribution is -0.385. The number of hydrogen-bond donors (Lipinski definition) is 1. The fourth-order valence-corrected chi connectivity index (χ4v) is 3.61. The maximum atomic E-state index is 12.3. The van der Waals surface area contributed by atoms with Gasteiger partial charge in [0.25, 0.3) is 11.4 Å². The van der Waals surface area contributed by atoms with Crippen LogP contribution < -0.4 is 5.32 Å². The average Bonchev–Trinajstić information content (AvgIpc) is 3.36. The van der Waals surface area contributed by atoms with Crippen molar-refractivity contribution in [3.8, 4) is 0 Å². The second-order valence-electron chi connectivity index (χ2n) is 7.98. The summed E-state index contributed by atoms with van der Waals surface area (Å²) in [4.78, 5) is 72.7. The molecule has 1 aliphatic rings. The predicted octanol–water partition coefficient (Wildman–Crippen LogP) is 4.33. The van der Waals surface area contributed by atoms with E-state index >= 15 is 0 Å². The van der Waals surface area contributed by atoms with Gasteiger partial charge in [-0.2, -0.15) is 4.99 Å². The fraction of sp³-hybridized carbons (Fsp3) is 0.261. The molecule has 0 atom stereocenters. The molecule has 0 radical (unpaired) electrons. The van der Waals surface area contributed by atoms with Gasteiger partial charge in [0, 0.05) is 30.7 Å². The van der Waals surface area contributed by atoms with Crippen molar-refractivity contribution in [1.82, 2.24) is 5.32 Å². The first-order chi connectivity index (χ1) is 17.6. The van der Waals surface area contributed by atoms with Gasteiger partial charge in [-0.05, 0) is 30.2 Å². The lowest BCUT2D eigenvalue weighted by atomic mass is 10.0. The molecule has 0 aromatic heterocycles. The third-order valence-corrected chi connectivity index (χ3v) is 5.42. The third-order valence-electron chi connectivity index (χ3n) is 5.42. The number of hydrogen-bond acceptors (Lipinski definition) is 10. The largest absolute Gasteiger partial charge is 0.443 e. The number of nitro groups is 2. The monoisotopic (exact) mass is 512 g/mol. The highest BCUT2D eigenvalue weighted by Crippen LogP contribution is 2.27. The lowest BCUT2D eigenvalue weighted by Gasteiger charge is -2.12. The van der Waals surface area contributed by atoms with Crippen molar-refractivity contribution in [2.45, 2.75) is 32.1 Å². The van der Waals surface area contributed by atoms with E-state index in [2.05, 4.69) is 19.8 Å². The molecule has 1 N–H and O–H groups in total. The van der Waals surface area contributed by atoms with Gasteiger partial charge in [0.1, 0.15) is 5.84 Å². The Morgan fingerprint density at radius 3 is 1.73 bits per heavy atom. The molecule has 2 aromatic rings. The van der Waals surface area contributed by atoms with E-state index in [-0.39, 0.29) is 40.7 Å². The number of carbonyl (C=O) groups is 4. The van der Waals surface area contributed by atoms with Crippen molar-refractivity contribution >= 4 is 41.3 Å². The number of non-ortho nitro benzene ring substituents is 2. The number of amides is 2. The number of carbonyl (C=O) groups excluding carboxylic acids is 4. The molecule has 0 unspecified atom stereocenters. The maximum Gasteiger partial charge on any atom is 0.443 e. The summed E-state index contributed by atoms with van der Waals surface area (Å²) in [5.74, 6) is -2.30. The minimum absolute atomic E-state index is 0.0857. The number of amidine groups is 1. The van der Waals surface area contributed by atoms with E-state index < -0.39 is 34.0 Å². The van der Waals surface area contributed by atoms with E-state index in [1.54, 1.807) is 0 Å². The zero-order chi connectivity index (χ0) is 26.9. The topological polar surface area (TPSA) is 197 Å². The number of nitrogens with one attached hydrogen (secondary N) is 1. The first-order valence-electron chi connectivity index (χ1n) is 11.0. The standard InChI is InChI=1S/C23H20N4O10/c28-20(15-5-9-17(10-6-15)26(32)33)36-22(30)24-19(13-14-3-1-2-4-14)25-23(31)37-21(29)16-7-11-18(12-8-16)27(34)35/h5-12,14H,1-4,13H2,(H,24,25,30,31). The number of aliphatic imine (C=N–C) groups is 1. The Kier molecular flexibility index (Phi) is 8.70. The van der Waals surface area contributed by atoms with Gasteiger partial charge in [0.05, 0.1) is 21.0 Å². The molecule has 1 fully saturated rings. The van der Waals surface area contributed by atoms with Gasteiger partial charge < -0.3 is 9.47 Å². The molecule has 14 heteroatoms. The molecule has 14 nitrogen and oxygen atoms in total. The smallest absolute Gasteiger partial charge is 0.372 e. The highest BCUT2D eigenvalue weighted by Gasteiger charge is 2.23. The van der Waals surface area contributed by atoms with Crippen molar-refractivity contribution in [2.24, 2.45) is 10.9 Å². The summed E-state index contributed by atoms with van der Waals surface area (Å²) in [5, 5.41) is 23.7. The van der Waals surface area contributed by atoms with Crippen LogP contribution in [0.15, 0.2) is 53.5 Å². The van der Waals surface area contributed by atoms with Gasteiger partial charge in [-0.15, -0.1) is 0 Å². The minimum atomic E-state index is -1.35. The summed E-state index contributed by atoms with van der Waals surface area (Å²) in [6.07, 6.45) is 1.06. The van der Waals surface area contributed by atoms with E-state index in [0.29, 0.717) is 0 Å². The highest BCUT2D eigenvalue weighted by atomic mass is 16.6. The van der Waals surface area contributed by atoms with Crippen LogP contribution in [0.25, 0.3) is 0 Å². The number of ether oxygens (including phenoxy) is 2. The Morgan fingerprint density at radius 2 is 1.27 bits per heavy atom. The van der Waals surface area contributed by atoms with Crippen LogP contribution in [-0.2, 0) is 9.47 Å². The highest BCUT2D eigenvalue weighted by molar-refractivity contribution is 6.06. The summed E-state index contributed by atoms with van der Waals surface area (Å²) >= 11 is 0. The molecule has 2 amide bonds. The maximum absolute atomic E-state index is 12.3. The van der Waals surface area contributed by atoms with Crippen molar-refractivity contribution in [1.29, 1.82) is 0 Å². The van der Waals surface area contributed by atoms with E-state index in [9.17, 15) is 39.4 Å². The van der Waals surface area contributed by atoms with Crippen LogP contribution in [0.5, 0.6) is 0 Å². The SMILES string of the molecule is O=C(N=C(CC1CCCC1)NC(=O)OC(=O)c1ccc([N+](=O)[O-])cc1)OC(=O)c1ccc([N+](=O)[O-])cc1. The minimum Gasteiger partial charge on any atom is -0.372 e. The molecule has 192 valence electrons. The summed E-state index contributed by atoms with van der Waals surface area (Å²) in [5.41, 5.74) is -0.768. The number of benzene rings is 2. The van der Waals surface area contributed by atoms with Crippen molar-refractivity contribution in [3.63, 3.8) is 0 Å². The van der Waals surface area contributed by atoms with E-state index in [0.717, 1.165) is 74.2 Å². The second-order valence-corrected chi connectivity index (χ2v) is 7.98. The van der Waals surface area contributed by atoms with Gasteiger partial charge in [-0.3, -0.25) is 25.5 Å². The Labute approximate surface area is 208 Å². The van der Waals surface area contributed by atoms with Gasteiger partial charge in [0.15, 0.2) is 0 Å². The first kappa shape index (κ1) is 26.6. The lowest BCUT2D eigenvalue weighted by Crippen LogP contribution is -2.34. The van der Waals surface area contributed by atoms with Crippen molar-refractivity contribution in [3.05, 3.63) is 79.9 Å². The summed E-state index contributed by atoms with van der Waals surface area (Å²) in [6, 6.07) is 8.71. The van der Waals surface area contributed by atoms with Gasteiger partial charge in [-0.25, -0.2) is 19.2 Å². The Morgan fingerprint density at radius 1 is 0.811 bits per heavy atom. The van der Waals surface area contributed by atoms with Gasteiger partial charge >= 0.3 is 24.1 Å². The molecule has 0 spiro atoms. The Balaban J connectivity index is 1.66. The first-order valence-corrected chi connectivity index (χ1v) is 11.0. The van der Waals surface area contributed by atoms with Gasteiger partial charge in [-0.1, -0.05) is 25.7 Å². The molecule has 1 aliphatic carbocycles. The number of rotatable bonds is 6. The Hall–Kier alpha value is -5.01. The predicted molar refractivity (Wildman–Crippen MR) is 125 cm³/mol. The molecule has 0 aliphatic heterocycles. The van der Waals surface area contributed by atoms with Crippen molar-refractivity contribution < 1.29 is 38.5 Å². The molecule has 1 saturated carbocycles. The molecule has 0 heterocycles. The molecule has 0 saturated heterocycles. The quantitative estimate of drug-likeness (QED) is 0.145. The van der Waals surface area contributed by atoms with Crippen LogP contribution in [0.4, 0.5) is 21.0 Å². The summed E-state index contributed by atoms with van der Waals surface area (Å²) in [6.45, 7) is 0. The van der Waals surface area contributed by atoms with Crippen LogP contribution in [0.3, 0.4) is 0 Å². The average molecular weight is 512 g/mol. The Bertz CT molecular complexity index is 1250. The van der Waals surface area contributed by atoms with E-state index in [4.69, 9.17) is 0 Å². The number of nitrogens with zero attached hydrogens (tertiary/aromatic N) is 3. The molecular formula is C23H20N4O10. The summed E-state index contributed by atoms with van der Waals surface area (Å²) in [7, 11) is 0. The molecular weight excluding hydrogens is 492 g/mol.